The first-order valence-corrected chi connectivity index (χ1v) is 11.6. The van der Waals surface area contributed by atoms with Crippen molar-refractivity contribution in [3.05, 3.63) is 101 Å². The molecule has 1 N–H and O–H groups in total. The minimum atomic E-state index is 0.0953. The number of aromatic nitrogens is 3. The molecule has 0 saturated carbocycles. The number of nitrogens with one attached hydrogen (secondary N) is 1. The summed E-state index contributed by atoms with van der Waals surface area (Å²) < 4.78 is 0.979. The Morgan fingerprint density at radius 3 is 2.64 bits per heavy atom. The molecule has 0 radical (unpaired) electrons. The Bertz CT molecular complexity index is 1470. The van der Waals surface area contributed by atoms with E-state index in [2.05, 4.69) is 10.3 Å². The Hall–Kier alpha value is -3.90. The molecule has 3 heterocycles. The van der Waals surface area contributed by atoms with Crippen molar-refractivity contribution in [2.45, 2.75) is 20.3 Å². The Labute approximate surface area is 196 Å². The van der Waals surface area contributed by atoms with Gasteiger partial charge in [-0.25, -0.2) is 15.0 Å². The average Bonchev–Trinajstić information content (AvgIpc) is 3.28. The molecule has 0 fully saturated rings. The number of benzene rings is 2. The van der Waals surface area contributed by atoms with Crippen LogP contribution in [0.2, 0.25) is 0 Å². The lowest BCUT2D eigenvalue weighted by atomic mass is 10.00. The number of hydrogen-bond acceptors (Lipinski definition) is 6. The van der Waals surface area contributed by atoms with Gasteiger partial charge in [-0.1, -0.05) is 42.0 Å². The number of pyridine rings is 1. The highest BCUT2D eigenvalue weighted by molar-refractivity contribution is 7.17. The highest BCUT2D eigenvalue weighted by atomic mass is 32.1. The number of carbonyl (C=O) groups excluding carboxylic acids is 1. The minimum Gasteiger partial charge on any atom is -0.324 e. The average molecular weight is 451 g/mol. The van der Waals surface area contributed by atoms with Crippen LogP contribution in [0.4, 0.5) is 11.6 Å². The summed E-state index contributed by atoms with van der Waals surface area (Å²) in [6.45, 7) is 4.02. The maximum absolute atomic E-state index is 12.8. The van der Waals surface area contributed by atoms with Crippen molar-refractivity contribution in [3.8, 4) is 11.4 Å². The minimum absolute atomic E-state index is 0.0953. The molecule has 0 aliphatic carbocycles. The molecule has 0 bridgehead atoms. The molecule has 0 spiro atoms. The smallest absolute Gasteiger partial charge is 0.167 e. The standard InChI is InChI=1S/C27H22N4OS/c1-17-5-3-7-20(13-17)23(32)16-19-6-4-8-21(15-19)26-29-22-10-12-33-25(22)27(31-26)30-24-14-18(2)9-11-28-24/h3-15H,16H2,1-2H3,(H,28,29,30,31). The third-order valence-corrected chi connectivity index (χ3v) is 6.27. The fourth-order valence-electron chi connectivity index (χ4n) is 3.73. The van der Waals surface area contributed by atoms with Gasteiger partial charge in [0.25, 0.3) is 0 Å². The van der Waals surface area contributed by atoms with E-state index < -0.39 is 0 Å². The number of rotatable bonds is 6. The van der Waals surface area contributed by atoms with Crippen LogP contribution in [0.3, 0.4) is 0 Å². The van der Waals surface area contributed by atoms with E-state index in [0.717, 1.165) is 49.7 Å². The maximum atomic E-state index is 12.8. The first-order chi connectivity index (χ1) is 16.0. The van der Waals surface area contributed by atoms with Crippen LogP contribution >= 0.6 is 11.3 Å². The lowest BCUT2D eigenvalue weighted by molar-refractivity contribution is 0.0993. The molecular weight excluding hydrogens is 428 g/mol. The van der Waals surface area contributed by atoms with E-state index in [1.165, 1.54) is 0 Å². The van der Waals surface area contributed by atoms with Crippen LogP contribution in [0.5, 0.6) is 0 Å². The second-order valence-corrected chi connectivity index (χ2v) is 8.96. The Kier molecular flexibility index (Phi) is 5.67. The molecule has 0 atom stereocenters. The predicted octanol–water partition coefficient (Wildman–Crippen LogP) is 6.54. The van der Waals surface area contributed by atoms with Crippen LogP contribution in [0.15, 0.2) is 78.3 Å². The van der Waals surface area contributed by atoms with E-state index in [-0.39, 0.29) is 5.78 Å². The van der Waals surface area contributed by atoms with Gasteiger partial charge in [-0.05, 0) is 60.7 Å². The zero-order valence-electron chi connectivity index (χ0n) is 18.4. The van der Waals surface area contributed by atoms with E-state index in [1.807, 2.05) is 86.0 Å². The quantitative estimate of drug-likeness (QED) is 0.298. The highest BCUT2D eigenvalue weighted by Gasteiger charge is 2.13. The van der Waals surface area contributed by atoms with Gasteiger partial charge in [-0.2, -0.15) is 0 Å². The van der Waals surface area contributed by atoms with Crippen molar-refractivity contribution in [2.24, 2.45) is 0 Å². The molecule has 33 heavy (non-hydrogen) atoms. The summed E-state index contributed by atoms with van der Waals surface area (Å²) in [7, 11) is 0. The fraction of sp³-hybridized carbons (Fsp3) is 0.111. The van der Waals surface area contributed by atoms with Gasteiger partial charge in [-0.15, -0.1) is 11.3 Å². The van der Waals surface area contributed by atoms with Crippen molar-refractivity contribution in [1.29, 1.82) is 0 Å². The summed E-state index contributed by atoms with van der Waals surface area (Å²) in [6, 6.07) is 21.5. The lowest BCUT2D eigenvalue weighted by Crippen LogP contribution is -2.04. The number of nitrogens with zero attached hydrogens (tertiary/aromatic N) is 3. The molecule has 0 aliphatic rings. The second kappa shape index (κ2) is 8.92. The summed E-state index contributed by atoms with van der Waals surface area (Å²) >= 11 is 1.59. The van der Waals surface area contributed by atoms with E-state index in [9.17, 15) is 4.79 Å². The highest BCUT2D eigenvalue weighted by Crippen LogP contribution is 2.31. The van der Waals surface area contributed by atoms with Crippen molar-refractivity contribution >= 4 is 39.0 Å². The molecule has 5 aromatic rings. The van der Waals surface area contributed by atoms with E-state index in [4.69, 9.17) is 9.97 Å². The van der Waals surface area contributed by atoms with Crippen LogP contribution < -0.4 is 5.32 Å². The predicted molar refractivity (Wildman–Crippen MR) is 134 cm³/mol. The normalized spacial score (nSPS) is 11.0. The topological polar surface area (TPSA) is 67.8 Å². The molecule has 6 heteroatoms. The van der Waals surface area contributed by atoms with E-state index in [0.29, 0.717) is 12.2 Å². The molecule has 162 valence electrons. The molecule has 0 unspecified atom stereocenters. The molecule has 3 aromatic heterocycles. The van der Waals surface area contributed by atoms with E-state index in [1.54, 1.807) is 17.5 Å². The van der Waals surface area contributed by atoms with Crippen LogP contribution in [-0.4, -0.2) is 20.7 Å². The summed E-state index contributed by atoms with van der Waals surface area (Å²) in [6.07, 6.45) is 2.11. The van der Waals surface area contributed by atoms with Crippen LogP contribution in [-0.2, 0) is 6.42 Å². The number of anilines is 2. The fourth-order valence-corrected chi connectivity index (χ4v) is 4.51. The second-order valence-electron chi connectivity index (χ2n) is 8.04. The molecule has 0 amide bonds. The van der Waals surface area contributed by atoms with Crippen LogP contribution in [0, 0.1) is 13.8 Å². The molecule has 5 nitrogen and oxygen atoms in total. The van der Waals surface area contributed by atoms with Gasteiger partial charge < -0.3 is 5.32 Å². The lowest BCUT2D eigenvalue weighted by Gasteiger charge is -2.10. The zero-order chi connectivity index (χ0) is 22.8. The molecule has 2 aromatic carbocycles. The number of Topliss-reactive ketones (excluding diaryl/α,β-unsaturated/α-hetero) is 1. The molecule has 0 aliphatic heterocycles. The Morgan fingerprint density at radius 1 is 0.939 bits per heavy atom. The van der Waals surface area contributed by atoms with Crippen LogP contribution in [0.1, 0.15) is 27.0 Å². The summed E-state index contributed by atoms with van der Waals surface area (Å²) in [5.41, 5.74) is 5.61. The SMILES string of the molecule is Cc1cccc(C(=O)Cc2cccc(-c3nc(Nc4cc(C)ccn4)c4sccc4n3)c2)c1. The van der Waals surface area contributed by atoms with E-state index >= 15 is 0 Å². The van der Waals surface area contributed by atoms with Gasteiger partial charge in [0.1, 0.15) is 5.82 Å². The van der Waals surface area contributed by atoms with Gasteiger partial charge in [0.2, 0.25) is 0 Å². The zero-order valence-corrected chi connectivity index (χ0v) is 19.2. The van der Waals surface area contributed by atoms with Crippen LogP contribution in [0.25, 0.3) is 21.6 Å². The number of hydrogen-bond donors (Lipinski definition) is 1. The summed E-state index contributed by atoms with van der Waals surface area (Å²) in [5.74, 6) is 2.18. The number of thiophene rings is 1. The third-order valence-electron chi connectivity index (χ3n) is 5.36. The molecule has 5 rings (SSSR count). The number of aryl methyl sites for hydroxylation is 2. The van der Waals surface area contributed by atoms with Crippen molar-refractivity contribution in [1.82, 2.24) is 15.0 Å². The number of fused-ring (bicyclic) bond motifs is 1. The third kappa shape index (κ3) is 4.66. The van der Waals surface area contributed by atoms with Crippen molar-refractivity contribution in [2.75, 3.05) is 5.32 Å². The number of carbonyl (C=O) groups is 1. The Morgan fingerprint density at radius 2 is 1.79 bits per heavy atom. The Balaban J connectivity index is 1.47. The van der Waals surface area contributed by atoms with Gasteiger partial charge in [0, 0.05) is 23.7 Å². The van der Waals surface area contributed by atoms with Crippen molar-refractivity contribution in [3.63, 3.8) is 0 Å². The molecular formula is C27H22N4OS. The first kappa shape index (κ1) is 21.0. The van der Waals surface area contributed by atoms with Gasteiger partial charge in [0.15, 0.2) is 17.4 Å². The largest absolute Gasteiger partial charge is 0.324 e. The van der Waals surface area contributed by atoms with Gasteiger partial charge >= 0.3 is 0 Å². The van der Waals surface area contributed by atoms with Gasteiger partial charge in [0.05, 0.1) is 10.2 Å². The maximum Gasteiger partial charge on any atom is 0.167 e. The monoisotopic (exact) mass is 450 g/mol. The summed E-state index contributed by atoms with van der Waals surface area (Å²) in [4.78, 5) is 26.8. The van der Waals surface area contributed by atoms with Gasteiger partial charge in [-0.3, -0.25) is 4.79 Å². The van der Waals surface area contributed by atoms with Crippen molar-refractivity contribution < 1.29 is 4.79 Å². The molecule has 0 saturated heterocycles. The first-order valence-electron chi connectivity index (χ1n) is 10.7. The summed E-state index contributed by atoms with van der Waals surface area (Å²) in [5, 5.41) is 5.36. The number of ketones is 1.